The van der Waals surface area contributed by atoms with Crippen LogP contribution in [0.25, 0.3) is 21.5 Å². The van der Waals surface area contributed by atoms with Gasteiger partial charge < -0.3 is 0 Å². The lowest BCUT2D eigenvalue weighted by Crippen LogP contribution is -2.04. The summed E-state index contributed by atoms with van der Waals surface area (Å²) in [5, 5.41) is 33.8. The molecular weight excluding hydrogens is 354 g/mol. The van der Waals surface area contributed by atoms with Crippen molar-refractivity contribution in [1.82, 2.24) is 0 Å². The summed E-state index contributed by atoms with van der Waals surface area (Å²) >= 11 is 0. The summed E-state index contributed by atoms with van der Waals surface area (Å²) in [5.74, 6) is 0. The van der Waals surface area contributed by atoms with Crippen LogP contribution in [0.4, 0.5) is 0 Å². The number of hydrogen-bond acceptors (Lipinski definition) is 3. The first-order chi connectivity index (χ1) is 14.2. The maximum absolute atomic E-state index is 9.91. The van der Waals surface area contributed by atoms with Crippen molar-refractivity contribution < 1.29 is 0 Å². The summed E-state index contributed by atoms with van der Waals surface area (Å²) in [6.45, 7) is 6.43. The van der Waals surface area contributed by atoms with E-state index in [2.05, 4.69) is 63.2 Å². The Morgan fingerprint density at radius 1 is 0.690 bits per heavy atom. The monoisotopic (exact) mass is 379 g/mol. The first-order valence-electron chi connectivity index (χ1n) is 10.4. The SMILES string of the molecule is CCCc1cccc2cc3c(C#N)c(C#N)c(C#N)c(CCC)c3c(CCC)c12. The average molecular weight is 380 g/mol. The number of benzene rings is 3. The van der Waals surface area contributed by atoms with Crippen LogP contribution in [0.1, 0.15) is 73.4 Å². The lowest BCUT2D eigenvalue weighted by molar-refractivity contribution is 0.906. The summed E-state index contributed by atoms with van der Waals surface area (Å²) in [5.41, 5.74) is 4.40. The maximum Gasteiger partial charge on any atom is 0.102 e. The lowest BCUT2D eigenvalue weighted by Gasteiger charge is -2.20. The molecule has 0 aliphatic carbocycles. The molecule has 3 heteroatoms. The van der Waals surface area contributed by atoms with E-state index >= 15 is 0 Å². The fraction of sp³-hybridized carbons (Fsp3) is 0.346. The molecule has 3 aromatic carbocycles. The van der Waals surface area contributed by atoms with Gasteiger partial charge in [0.1, 0.15) is 18.2 Å². The fourth-order valence-electron chi connectivity index (χ4n) is 4.53. The molecule has 0 unspecified atom stereocenters. The molecule has 29 heavy (non-hydrogen) atoms. The van der Waals surface area contributed by atoms with E-state index in [1.807, 2.05) is 0 Å². The fourth-order valence-corrected chi connectivity index (χ4v) is 4.53. The zero-order valence-electron chi connectivity index (χ0n) is 17.4. The molecule has 0 aromatic heterocycles. The number of nitriles is 3. The van der Waals surface area contributed by atoms with Crippen molar-refractivity contribution in [3.63, 3.8) is 0 Å². The van der Waals surface area contributed by atoms with E-state index < -0.39 is 0 Å². The van der Waals surface area contributed by atoms with Crippen LogP contribution < -0.4 is 0 Å². The number of fused-ring (bicyclic) bond motifs is 2. The van der Waals surface area contributed by atoms with Gasteiger partial charge in [0, 0.05) is 5.39 Å². The molecule has 0 radical (unpaired) electrons. The third kappa shape index (κ3) is 3.33. The Morgan fingerprint density at radius 3 is 1.90 bits per heavy atom. The highest BCUT2D eigenvalue weighted by Gasteiger charge is 2.23. The molecule has 0 amide bonds. The molecule has 0 atom stereocenters. The van der Waals surface area contributed by atoms with E-state index in [1.54, 1.807) is 0 Å². The van der Waals surface area contributed by atoms with Crippen molar-refractivity contribution in [1.29, 1.82) is 15.8 Å². The molecular formula is C26H25N3. The van der Waals surface area contributed by atoms with Gasteiger partial charge in [-0.3, -0.25) is 0 Å². The van der Waals surface area contributed by atoms with Crippen molar-refractivity contribution in [2.45, 2.75) is 59.3 Å². The van der Waals surface area contributed by atoms with Crippen LogP contribution in [-0.4, -0.2) is 0 Å². The summed E-state index contributed by atoms with van der Waals surface area (Å²) in [6, 6.07) is 15.0. The molecule has 3 rings (SSSR count). The minimum Gasteiger partial charge on any atom is -0.192 e. The highest BCUT2D eigenvalue weighted by Crippen LogP contribution is 2.39. The Hall–Kier alpha value is -3.35. The van der Waals surface area contributed by atoms with E-state index in [0.717, 1.165) is 60.2 Å². The lowest BCUT2D eigenvalue weighted by atomic mass is 9.82. The van der Waals surface area contributed by atoms with Gasteiger partial charge in [0.15, 0.2) is 0 Å². The van der Waals surface area contributed by atoms with Crippen LogP contribution in [0.5, 0.6) is 0 Å². The van der Waals surface area contributed by atoms with Gasteiger partial charge in [0.25, 0.3) is 0 Å². The number of aryl methyl sites for hydroxylation is 3. The third-order valence-electron chi connectivity index (χ3n) is 5.58. The highest BCUT2D eigenvalue weighted by atomic mass is 14.3. The zero-order chi connectivity index (χ0) is 21.0. The predicted molar refractivity (Wildman–Crippen MR) is 118 cm³/mol. The van der Waals surface area contributed by atoms with E-state index in [1.165, 1.54) is 16.5 Å². The first-order valence-corrected chi connectivity index (χ1v) is 10.4. The second-order valence-corrected chi connectivity index (χ2v) is 7.48. The zero-order valence-corrected chi connectivity index (χ0v) is 17.4. The largest absolute Gasteiger partial charge is 0.192 e. The molecule has 3 nitrogen and oxygen atoms in total. The number of hydrogen-bond donors (Lipinski definition) is 0. The average Bonchev–Trinajstić information content (AvgIpc) is 2.73. The summed E-state index contributed by atoms with van der Waals surface area (Å²) < 4.78 is 0. The molecule has 0 bridgehead atoms. The summed E-state index contributed by atoms with van der Waals surface area (Å²) in [4.78, 5) is 0. The highest BCUT2D eigenvalue weighted by molar-refractivity contribution is 6.08. The summed E-state index contributed by atoms with van der Waals surface area (Å²) in [6.07, 6.45) is 5.51. The van der Waals surface area contributed by atoms with E-state index in [9.17, 15) is 15.8 Å². The van der Waals surface area contributed by atoms with E-state index in [-0.39, 0.29) is 5.56 Å². The Bertz CT molecular complexity index is 1210. The minimum atomic E-state index is 0.220. The van der Waals surface area contributed by atoms with Gasteiger partial charge in [-0.1, -0.05) is 58.2 Å². The molecule has 0 saturated heterocycles. The molecule has 0 spiro atoms. The van der Waals surface area contributed by atoms with Crippen LogP contribution in [0.3, 0.4) is 0 Å². The molecule has 0 fully saturated rings. The van der Waals surface area contributed by atoms with Gasteiger partial charge in [0.05, 0.1) is 16.7 Å². The smallest absolute Gasteiger partial charge is 0.102 e. The van der Waals surface area contributed by atoms with Crippen molar-refractivity contribution >= 4 is 21.5 Å². The van der Waals surface area contributed by atoms with Crippen LogP contribution in [0.2, 0.25) is 0 Å². The molecule has 0 N–H and O–H groups in total. The Labute approximate surface area is 172 Å². The van der Waals surface area contributed by atoms with Gasteiger partial charge in [-0.15, -0.1) is 0 Å². The maximum atomic E-state index is 9.91. The van der Waals surface area contributed by atoms with E-state index in [4.69, 9.17) is 0 Å². The quantitative estimate of drug-likeness (QED) is 0.461. The topological polar surface area (TPSA) is 71.4 Å². The first kappa shape index (κ1) is 20.4. The molecule has 144 valence electrons. The Balaban J connectivity index is 2.69. The van der Waals surface area contributed by atoms with Crippen molar-refractivity contribution in [3.05, 3.63) is 57.6 Å². The van der Waals surface area contributed by atoms with Gasteiger partial charge in [-0.2, -0.15) is 15.8 Å². The van der Waals surface area contributed by atoms with Crippen molar-refractivity contribution in [2.75, 3.05) is 0 Å². The van der Waals surface area contributed by atoms with Crippen LogP contribution in [0.15, 0.2) is 24.3 Å². The van der Waals surface area contributed by atoms with E-state index in [0.29, 0.717) is 11.1 Å². The third-order valence-corrected chi connectivity index (χ3v) is 5.58. The molecule has 0 aliphatic heterocycles. The van der Waals surface area contributed by atoms with Gasteiger partial charge in [0.2, 0.25) is 0 Å². The molecule has 0 heterocycles. The molecule has 3 aromatic rings. The Morgan fingerprint density at radius 2 is 1.31 bits per heavy atom. The number of nitrogens with zero attached hydrogens (tertiary/aromatic N) is 3. The minimum absolute atomic E-state index is 0.220. The van der Waals surface area contributed by atoms with Gasteiger partial charge >= 0.3 is 0 Å². The molecule has 0 saturated carbocycles. The second-order valence-electron chi connectivity index (χ2n) is 7.48. The van der Waals surface area contributed by atoms with Crippen molar-refractivity contribution in [2.24, 2.45) is 0 Å². The normalized spacial score (nSPS) is 10.6. The molecule has 0 aliphatic rings. The second kappa shape index (κ2) is 8.77. The number of rotatable bonds is 6. The van der Waals surface area contributed by atoms with Crippen LogP contribution >= 0.6 is 0 Å². The van der Waals surface area contributed by atoms with Crippen molar-refractivity contribution in [3.8, 4) is 18.2 Å². The van der Waals surface area contributed by atoms with Gasteiger partial charge in [-0.05, 0) is 58.2 Å². The predicted octanol–water partition coefficient (Wildman–Crippen LogP) is 6.47. The van der Waals surface area contributed by atoms with Gasteiger partial charge in [-0.25, -0.2) is 0 Å². The van der Waals surface area contributed by atoms with Crippen LogP contribution in [-0.2, 0) is 19.3 Å². The van der Waals surface area contributed by atoms with Crippen LogP contribution in [0, 0.1) is 34.0 Å². The Kier molecular flexibility index (Phi) is 6.16. The summed E-state index contributed by atoms with van der Waals surface area (Å²) in [7, 11) is 0. The standard InChI is InChI=1S/C26H25N3/c1-4-8-17-11-7-12-18-13-21-23(15-28)24(16-29)22(14-27)19(9-5-2)26(21)20(10-6-3)25(17)18/h7,11-13H,4-6,8-10H2,1-3H3.